The second-order valence-electron chi connectivity index (χ2n) is 6.69. The number of rotatable bonds is 7. The van der Waals surface area contributed by atoms with E-state index in [-0.39, 0.29) is 18.3 Å². The smallest absolute Gasteiger partial charge is 0.255 e. The minimum absolute atomic E-state index is 0.210. The van der Waals surface area contributed by atoms with Gasteiger partial charge in [0.2, 0.25) is 0 Å². The van der Waals surface area contributed by atoms with Crippen molar-refractivity contribution in [3.8, 4) is 0 Å². The van der Waals surface area contributed by atoms with Crippen molar-refractivity contribution in [2.24, 2.45) is 0 Å². The Morgan fingerprint density at radius 2 is 1.81 bits per heavy atom. The Bertz CT molecular complexity index is 740. The predicted octanol–water partition coefficient (Wildman–Crippen LogP) is 3.99. The van der Waals surface area contributed by atoms with Gasteiger partial charge >= 0.3 is 0 Å². The average molecular weight is 356 g/mol. The van der Waals surface area contributed by atoms with Crippen molar-refractivity contribution in [2.45, 2.75) is 32.1 Å². The van der Waals surface area contributed by atoms with Gasteiger partial charge < -0.3 is 15.3 Å². The molecule has 0 saturated carbocycles. The van der Waals surface area contributed by atoms with Gasteiger partial charge in [0.05, 0.1) is 5.69 Å². The highest BCUT2D eigenvalue weighted by atomic mass is 19.1. The minimum Gasteiger partial charge on any atom is -0.396 e. The van der Waals surface area contributed by atoms with Gasteiger partial charge in [-0.3, -0.25) is 4.79 Å². The lowest BCUT2D eigenvalue weighted by Gasteiger charge is -2.18. The van der Waals surface area contributed by atoms with Crippen LogP contribution < -0.4 is 10.2 Å². The van der Waals surface area contributed by atoms with Crippen LogP contribution in [0.3, 0.4) is 0 Å². The number of carbonyl (C=O) groups excluding carboxylic acids is 1. The van der Waals surface area contributed by atoms with Crippen LogP contribution in [0, 0.1) is 5.82 Å². The first-order chi connectivity index (χ1) is 12.7. The summed E-state index contributed by atoms with van der Waals surface area (Å²) >= 11 is 0. The van der Waals surface area contributed by atoms with Gasteiger partial charge in [0.15, 0.2) is 0 Å². The highest BCUT2D eigenvalue weighted by molar-refractivity contribution is 6.04. The SMILES string of the molecule is O=C(Nc1ccc(CCCCO)cc1)c1ccc(N2CCCC2)c(F)c1. The number of aryl methyl sites for hydroxylation is 1. The quantitative estimate of drug-likeness (QED) is 0.738. The number of benzene rings is 2. The third kappa shape index (κ3) is 4.61. The molecule has 0 unspecified atom stereocenters. The van der Waals surface area contributed by atoms with Crippen LogP contribution >= 0.6 is 0 Å². The molecule has 26 heavy (non-hydrogen) atoms. The number of unbranched alkanes of at least 4 members (excludes halogenated alkanes) is 1. The number of hydrogen-bond donors (Lipinski definition) is 2. The summed E-state index contributed by atoms with van der Waals surface area (Å²) in [5.41, 5.74) is 2.74. The molecule has 0 spiro atoms. The van der Waals surface area contributed by atoms with Gasteiger partial charge in [-0.2, -0.15) is 0 Å². The second kappa shape index (κ2) is 8.81. The number of aliphatic hydroxyl groups excluding tert-OH is 1. The summed E-state index contributed by atoms with van der Waals surface area (Å²) in [7, 11) is 0. The minimum atomic E-state index is -0.348. The summed E-state index contributed by atoms with van der Waals surface area (Å²) in [5, 5.41) is 11.6. The third-order valence-electron chi connectivity index (χ3n) is 4.74. The summed E-state index contributed by atoms with van der Waals surface area (Å²) in [6, 6.07) is 12.3. The fraction of sp³-hybridized carbons (Fsp3) is 0.381. The summed E-state index contributed by atoms with van der Waals surface area (Å²) in [5.74, 6) is -0.663. The van der Waals surface area contributed by atoms with Crippen LogP contribution in [0.25, 0.3) is 0 Å². The van der Waals surface area contributed by atoms with Crippen molar-refractivity contribution in [1.29, 1.82) is 0 Å². The molecule has 1 amide bonds. The highest BCUT2D eigenvalue weighted by Crippen LogP contribution is 2.24. The van der Waals surface area contributed by atoms with Crippen molar-refractivity contribution < 1.29 is 14.3 Å². The molecule has 0 aliphatic carbocycles. The molecule has 0 atom stereocenters. The number of halogens is 1. The van der Waals surface area contributed by atoms with Crippen molar-refractivity contribution in [3.05, 3.63) is 59.4 Å². The lowest BCUT2D eigenvalue weighted by atomic mass is 10.1. The molecule has 1 aliphatic heterocycles. The van der Waals surface area contributed by atoms with E-state index in [1.807, 2.05) is 29.2 Å². The summed E-state index contributed by atoms with van der Waals surface area (Å²) in [6.45, 7) is 1.95. The molecular weight excluding hydrogens is 331 g/mol. The number of carbonyl (C=O) groups is 1. The van der Waals surface area contributed by atoms with Crippen molar-refractivity contribution in [1.82, 2.24) is 0 Å². The standard InChI is InChI=1S/C21H25FN2O2/c22-19-15-17(8-11-20(19)24-12-2-3-13-24)21(26)23-18-9-6-16(7-10-18)5-1-4-14-25/h6-11,15,25H,1-5,12-14H2,(H,23,26). The molecule has 138 valence electrons. The molecule has 1 heterocycles. The topological polar surface area (TPSA) is 52.6 Å². The van der Waals surface area contributed by atoms with Crippen LogP contribution in [0.4, 0.5) is 15.8 Å². The number of nitrogens with one attached hydrogen (secondary N) is 1. The van der Waals surface area contributed by atoms with Gasteiger partial charge in [-0.05, 0) is 68.0 Å². The zero-order valence-corrected chi connectivity index (χ0v) is 14.9. The Morgan fingerprint density at radius 1 is 1.08 bits per heavy atom. The van der Waals surface area contributed by atoms with Crippen LogP contribution in [0.15, 0.2) is 42.5 Å². The van der Waals surface area contributed by atoms with E-state index < -0.39 is 0 Å². The number of aliphatic hydroxyl groups is 1. The van der Waals surface area contributed by atoms with Crippen molar-refractivity contribution in [3.63, 3.8) is 0 Å². The maximum absolute atomic E-state index is 14.4. The largest absolute Gasteiger partial charge is 0.396 e. The normalized spacial score (nSPS) is 13.8. The number of anilines is 2. The monoisotopic (exact) mass is 356 g/mol. The lowest BCUT2D eigenvalue weighted by molar-refractivity contribution is 0.102. The molecule has 0 radical (unpaired) electrons. The first-order valence-corrected chi connectivity index (χ1v) is 9.23. The Hall–Kier alpha value is -2.40. The first-order valence-electron chi connectivity index (χ1n) is 9.23. The van der Waals surface area contributed by atoms with E-state index in [1.54, 1.807) is 12.1 Å². The van der Waals surface area contributed by atoms with Gasteiger partial charge in [0, 0.05) is 30.9 Å². The Morgan fingerprint density at radius 3 is 2.46 bits per heavy atom. The van der Waals surface area contributed by atoms with E-state index in [0.29, 0.717) is 16.9 Å². The van der Waals surface area contributed by atoms with Crippen LogP contribution in [0.5, 0.6) is 0 Å². The number of hydrogen-bond acceptors (Lipinski definition) is 3. The van der Waals surface area contributed by atoms with Crippen molar-refractivity contribution in [2.75, 3.05) is 29.9 Å². The maximum Gasteiger partial charge on any atom is 0.255 e. The van der Waals surface area contributed by atoms with E-state index in [4.69, 9.17) is 5.11 Å². The second-order valence-corrected chi connectivity index (χ2v) is 6.69. The Kier molecular flexibility index (Phi) is 6.23. The molecular formula is C21H25FN2O2. The summed E-state index contributed by atoms with van der Waals surface area (Å²) in [4.78, 5) is 14.4. The molecule has 0 bridgehead atoms. The van der Waals surface area contributed by atoms with E-state index in [1.165, 1.54) is 6.07 Å². The number of amides is 1. The fourth-order valence-corrected chi connectivity index (χ4v) is 3.26. The molecule has 3 rings (SSSR count). The maximum atomic E-state index is 14.4. The fourth-order valence-electron chi connectivity index (χ4n) is 3.26. The summed E-state index contributed by atoms with van der Waals surface area (Å²) < 4.78 is 14.4. The molecule has 1 saturated heterocycles. The molecule has 2 aromatic carbocycles. The van der Waals surface area contributed by atoms with Crippen LogP contribution in [0.2, 0.25) is 0 Å². The number of nitrogens with zero attached hydrogens (tertiary/aromatic N) is 1. The van der Waals surface area contributed by atoms with Crippen molar-refractivity contribution >= 4 is 17.3 Å². The molecule has 1 aliphatic rings. The van der Waals surface area contributed by atoms with Gasteiger partial charge in [0.1, 0.15) is 5.82 Å². The van der Waals surface area contributed by atoms with Crippen LogP contribution in [0.1, 0.15) is 41.6 Å². The Labute approximate surface area is 153 Å². The van der Waals surface area contributed by atoms with E-state index in [9.17, 15) is 9.18 Å². The average Bonchev–Trinajstić information content (AvgIpc) is 3.17. The molecule has 4 nitrogen and oxygen atoms in total. The van der Waals surface area contributed by atoms with Gasteiger partial charge in [0.25, 0.3) is 5.91 Å². The highest BCUT2D eigenvalue weighted by Gasteiger charge is 2.17. The third-order valence-corrected chi connectivity index (χ3v) is 4.74. The Balaban J connectivity index is 1.61. The molecule has 2 aromatic rings. The summed E-state index contributed by atoms with van der Waals surface area (Å²) in [6.07, 6.45) is 4.79. The van der Waals surface area contributed by atoms with Gasteiger partial charge in [-0.1, -0.05) is 12.1 Å². The molecule has 0 aromatic heterocycles. The van der Waals surface area contributed by atoms with Gasteiger partial charge in [-0.25, -0.2) is 4.39 Å². The molecule has 1 fully saturated rings. The zero-order valence-electron chi connectivity index (χ0n) is 14.9. The molecule has 2 N–H and O–H groups in total. The van der Waals surface area contributed by atoms with Crippen LogP contribution in [-0.2, 0) is 6.42 Å². The van der Waals surface area contributed by atoms with E-state index in [0.717, 1.165) is 50.8 Å². The first kappa shape index (κ1) is 18.4. The van der Waals surface area contributed by atoms with Gasteiger partial charge in [-0.15, -0.1) is 0 Å². The van der Waals surface area contributed by atoms with E-state index in [2.05, 4.69) is 5.32 Å². The molecule has 5 heteroatoms. The van der Waals surface area contributed by atoms with Crippen LogP contribution in [-0.4, -0.2) is 30.7 Å². The lowest BCUT2D eigenvalue weighted by Crippen LogP contribution is -2.19. The zero-order chi connectivity index (χ0) is 18.4. The predicted molar refractivity (Wildman–Crippen MR) is 102 cm³/mol. The van der Waals surface area contributed by atoms with E-state index >= 15 is 0 Å².